The van der Waals surface area contributed by atoms with Crippen molar-refractivity contribution in [3.05, 3.63) is 0 Å². The van der Waals surface area contributed by atoms with E-state index < -0.39 is 5.97 Å². The number of carboxylic acid groups (broad SMARTS) is 1. The van der Waals surface area contributed by atoms with E-state index in [1.807, 2.05) is 0 Å². The Bertz CT molecular complexity index is 186. The van der Waals surface area contributed by atoms with Crippen LogP contribution < -0.4 is 5.32 Å². The molecular formula is C11H21NO2. The number of hydrogen-bond donors (Lipinski definition) is 2. The third-order valence-corrected chi connectivity index (χ3v) is 3.15. The minimum absolute atomic E-state index is 0.269. The fourth-order valence-corrected chi connectivity index (χ4v) is 1.89. The number of nitrogens with one attached hydrogen (secondary N) is 1. The molecule has 0 radical (unpaired) electrons. The highest BCUT2D eigenvalue weighted by molar-refractivity contribution is 5.69. The average molecular weight is 199 g/mol. The van der Waals surface area contributed by atoms with Crippen molar-refractivity contribution >= 4 is 5.97 Å². The van der Waals surface area contributed by atoms with Crippen LogP contribution in [0.25, 0.3) is 0 Å². The molecule has 1 fully saturated rings. The Morgan fingerprint density at radius 1 is 1.43 bits per heavy atom. The van der Waals surface area contributed by atoms with Crippen LogP contribution in [0.1, 0.15) is 39.5 Å². The van der Waals surface area contributed by atoms with Crippen molar-refractivity contribution in [2.24, 2.45) is 11.8 Å². The van der Waals surface area contributed by atoms with Crippen LogP contribution in [0.5, 0.6) is 0 Å². The molecule has 0 aromatic heterocycles. The monoisotopic (exact) mass is 199 g/mol. The molecule has 1 atom stereocenters. The van der Waals surface area contributed by atoms with Gasteiger partial charge in [-0.25, -0.2) is 0 Å². The van der Waals surface area contributed by atoms with Crippen LogP contribution in [0.15, 0.2) is 0 Å². The van der Waals surface area contributed by atoms with Gasteiger partial charge in [-0.1, -0.05) is 13.8 Å². The van der Waals surface area contributed by atoms with E-state index in [9.17, 15) is 4.79 Å². The highest BCUT2D eigenvalue weighted by atomic mass is 16.4. The first-order valence-corrected chi connectivity index (χ1v) is 5.55. The topological polar surface area (TPSA) is 49.3 Å². The maximum absolute atomic E-state index is 10.6. The molecule has 0 aromatic rings. The molecule has 0 aromatic carbocycles. The molecule has 1 unspecified atom stereocenters. The van der Waals surface area contributed by atoms with Crippen LogP contribution in [0.2, 0.25) is 0 Å². The van der Waals surface area contributed by atoms with Crippen LogP contribution in [0.4, 0.5) is 0 Å². The van der Waals surface area contributed by atoms with Crippen molar-refractivity contribution in [3.8, 4) is 0 Å². The molecule has 0 amide bonds. The van der Waals surface area contributed by atoms with Gasteiger partial charge in [0, 0.05) is 12.6 Å². The predicted molar refractivity (Wildman–Crippen MR) is 56.2 cm³/mol. The van der Waals surface area contributed by atoms with E-state index >= 15 is 0 Å². The van der Waals surface area contributed by atoms with E-state index in [0.29, 0.717) is 12.6 Å². The van der Waals surface area contributed by atoms with Gasteiger partial charge in [0.05, 0.1) is 5.92 Å². The van der Waals surface area contributed by atoms with Gasteiger partial charge in [0.1, 0.15) is 0 Å². The summed E-state index contributed by atoms with van der Waals surface area (Å²) in [5.74, 6) is -0.124. The quantitative estimate of drug-likeness (QED) is 0.726. The van der Waals surface area contributed by atoms with Crippen LogP contribution in [-0.4, -0.2) is 23.7 Å². The van der Waals surface area contributed by atoms with Gasteiger partial charge >= 0.3 is 5.97 Å². The second kappa shape index (κ2) is 5.35. The van der Waals surface area contributed by atoms with E-state index in [0.717, 1.165) is 5.92 Å². The summed E-state index contributed by atoms with van der Waals surface area (Å²) in [6.07, 6.45) is 4.96. The van der Waals surface area contributed by atoms with E-state index in [2.05, 4.69) is 12.2 Å². The predicted octanol–water partition coefficient (Wildman–Crippen LogP) is 1.88. The number of carboxylic acids is 1. The third-order valence-electron chi connectivity index (χ3n) is 3.15. The molecule has 0 aliphatic heterocycles. The Balaban J connectivity index is 2.16. The fourth-order valence-electron chi connectivity index (χ4n) is 1.89. The molecule has 0 saturated heterocycles. The lowest BCUT2D eigenvalue weighted by Gasteiger charge is -2.27. The van der Waals surface area contributed by atoms with Crippen LogP contribution in [0.3, 0.4) is 0 Å². The van der Waals surface area contributed by atoms with Gasteiger partial charge in [-0.05, 0) is 31.6 Å². The summed E-state index contributed by atoms with van der Waals surface area (Å²) in [6, 6.07) is 0.549. The zero-order valence-electron chi connectivity index (χ0n) is 9.12. The summed E-state index contributed by atoms with van der Waals surface area (Å²) in [4.78, 5) is 10.6. The molecule has 1 rings (SSSR count). The molecule has 0 spiro atoms. The molecule has 3 heteroatoms. The molecule has 0 heterocycles. The Hall–Kier alpha value is -0.570. The van der Waals surface area contributed by atoms with Crippen molar-refractivity contribution in [2.75, 3.05) is 6.54 Å². The van der Waals surface area contributed by atoms with Crippen molar-refractivity contribution in [1.82, 2.24) is 5.32 Å². The Kier molecular flexibility index (Phi) is 4.39. The zero-order chi connectivity index (χ0) is 10.6. The molecule has 2 N–H and O–H groups in total. The van der Waals surface area contributed by atoms with E-state index in [4.69, 9.17) is 5.11 Å². The zero-order valence-corrected chi connectivity index (χ0v) is 9.12. The Morgan fingerprint density at radius 2 is 2.00 bits per heavy atom. The van der Waals surface area contributed by atoms with Crippen LogP contribution >= 0.6 is 0 Å². The van der Waals surface area contributed by atoms with Crippen LogP contribution in [-0.2, 0) is 4.79 Å². The summed E-state index contributed by atoms with van der Waals surface area (Å²) >= 11 is 0. The molecule has 1 aliphatic rings. The fraction of sp³-hybridized carbons (Fsp3) is 0.909. The number of hydrogen-bond acceptors (Lipinski definition) is 2. The summed E-state index contributed by atoms with van der Waals surface area (Å²) in [7, 11) is 0. The molecule has 1 aliphatic carbocycles. The number of rotatable bonds is 4. The maximum Gasteiger partial charge on any atom is 0.307 e. The second-order valence-electron chi connectivity index (χ2n) is 4.60. The average Bonchev–Trinajstić information content (AvgIpc) is 2.16. The van der Waals surface area contributed by atoms with Gasteiger partial charge in [0.25, 0.3) is 0 Å². The standard InChI is InChI=1S/C11H21NO2/c1-8-3-5-10(6-4-8)12-7-9(2)11(13)14/h8-10,12H,3-7H2,1-2H3,(H,13,14). The molecule has 82 valence electrons. The van der Waals surface area contributed by atoms with Gasteiger partial charge in [0.15, 0.2) is 0 Å². The van der Waals surface area contributed by atoms with Crippen molar-refractivity contribution < 1.29 is 9.90 Å². The summed E-state index contributed by atoms with van der Waals surface area (Å²) in [5, 5.41) is 12.1. The van der Waals surface area contributed by atoms with Gasteiger partial charge in [0.2, 0.25) is 0 Å². The lowest BCUT2D eigenvalue weighted by molar-refractivity contribution is -0.141. The maximum atomic E-state index is 10.6. The summed E-state index contributed by atoms with van der Waals surface area (Å²) < 4.78 is 0. The molecule has 3 nitrogen and oxygen atoms in total. The first-order chi connectivity index (χ1) is 6.59. The minimum Gasteiger partial charge on any atom is -0.481 e. The second-order valence-corrected chi connectivity index (χ2v) is 4.60. The summed E-state index contributed by atoms with van der Waals surface area (Å²) in [5.41, 5.74) is 0. The van der Waals surface area contributed by atoms with Gasteiger partial charge in [-0.2, -0.15) is 0 Å². The van der Waals surface area contributed by atoms with Crippen LogP contribution in [0, 0.1) is 11.8 Å². The number of carbonyl (C=O) groups is 1. The van der Waals surface area contributed by atoms with Crippen molar-refractivity contribution in [3.63, 3.8) is 0 Å². The van der Waals surface area contributed by atoms with E-state index in [-0.39, 0.29) is 5.92 Å². The third kappa shape index (κ3) is 3.66. The number of aliphatic carboxylic acids is 1. The molecule has 14 heavy (non-hydrogen) atoms. The van der Waals surface area contributed by atoms with Gasteiger partial charge in [-0.15, -0.1) is 0 Å². The van der Waals surface area contributed by atoms with E-state index in [1.54, 1.807) is 6.92 Å². The Labute approximate surface area is 85.9 Å². The minimum atomic E-state index is -0.707. The van der Waals surface area contributed by atoms with Gasteiger partial charge < -0.3 is 10.4 Å². The SMILES string of the molecule is CC1CCC(NCC(C)C(=O)O)CC1. The summed E-state index contributed by atoms with van der Waals surface area (Å²) in [6.45, 7) is 4.64. The first-order valence-electron chi connectivity index (χ1n) is 5.55. The smallest absolute Gasteiger partial charge is 0.307 e. The van der Waals surface area contributed by atoms with E-state index in [1.165, 1.54) is 25.7 Å². The molecule has 0 bridgehead atoms. The first kappa shape index (κ1) is 11.5. The lowest BCUT2D eigenvalue weighted by Crippen LogP contribution is -2.37. The normalized spacial score (nSPS) is 29.9. The Morgan fingerprint density at radius 3 is 2.50 bits per heavy atom. The molecule has 1 saturated carbocycles. The lowest BCUT2D eigenvalue weighted by atomic mass is 9.87. The molecular weight excluding hydrogens is 178 g/mol. The highest BCUT2D eigenvalue weighted by Gasteiger charge is 2.19. The highest BCUT2D eigenvalue weighted by Crippen LogP contribution is 2.23. The van der Waals surface area contributed by atoms with Crippen molar-refractivity contribution in [2.45, 2.75) is 45.6 Å². The largest absolute Gasteiger partial charge is 0.481 e. The van der Waals surface area contributed by atoms with Gasteiger partial charge in [-0.3, -0.25) is 4.79 Å². The van der Waals surface area contributed by atoms with Crippen molar-refractivity contribution in [1.29, 1.82) is 0 Å².